The Labute approximate surface area is 141 Å². The van der Waals surface area contributed by atoms with E-state index in [-0.39, 0.29) is 4.83 Å². The van der Waals surface area contributed by atoms with Crippen molar-refractivity contribution in [2.45, 2.75) is 11.8 Å². The maximum Gasteiger partial charge on any atom is 0.0666 e. The number of alkyl halides is 1. The highest BCUT2D eigenvalue weighted by atomic mass is 79.9. The fourth-order valence-corrected chi connectivity index (χ4v) is 4.66. The lowest BCUT2D eigenvalue weighted by Gasteiger charge is -2.15. The van der Waals surface area contributed by atoms with Crippen molar-refractivity contribution in [1.82, 2.24) is 0 Å². The summed E-state index contributed by atoms with van der Waals surface area (Å²) in [5.41, 5.74) is 3.64. The van der Waals surface area contributed by atoms with Crippen molar-refractivity contribution >= 4 is 63.7 Å². The molecule has 2 rings (SSSR count). The Hall–Kier alpha value is 0.360. The molecular weight excluding hydrogens is 488 g/mol. The minimum Gasteiger partial charge on any atom is -0.0786 e. The van der Waals surface area contributed by atoms with Crippen molar-refractivity contribution in [3.63, 3.8) is 0 Å². The van der Waals surface area contributed by atoms with E-state index < -0.39 is 0 Å². The van der Waals surface area contributed by atoms with Crippen molar-refractivity contribution in [3.05, 3.63) is 66.5 Å². The van der Waals surface area contributed by atoms with Crippen LogP contribution in [0.5, 0.6) is 0 Å². The Bertz CT molecular complexity index is 578. The summed E-state index contributed by atoms with van der Waals surface area (Å²) < 4.78 is 3.34. The predicted octanol–water partition coefficient (Wildman–Crippen LogP) is 6.77. The van der Waals surface area contributed by atoms with Gasteiger partial charge in [-0.1, -0.05) is 81.9 Å². The molecule has 0 aromatic heterocycles. The number of halogens is 4. The molecule has 0 N–H and O–H groups in total. The number of hydrogen-bond acceptors (Lipinski definition) is 0. The summed E-state index contributed by atoms with van der Waals surface area (Å²) in [6.07, 6.45) is 0. The van der Waals surface area contributed by atoms with Gasteiger partial charge in [-0.25, -0.2) is 0 Å². The first kappa shape index (κ1) is 14.8. The molecule has 0 fully saturated rings. The monoisotopic (exact) mass is 494 g/mol. The molecule has 0 radical (unpaired) electrons. The zero-order chi connectivity index (χ0) is 13.3. The van der Waals surface area contributed by atoms with E-state index in [2.05, 4.69) is 94.9 Å². The second-order valence-corrected chi connectivity index (χ2v) is 7.49. The summed E-state index contributed by atoms with van der Waals surface area (Å²) in [6, 6.07) is 12.5. The van der Waals surface area contributed by atoms with E-state index in [4.69, 9.17) is 0 Å². The van der Waals surface area contributed by atoms with Gasteiger partial charge >= 0.3 is 0 Å². The fraction of sp³-hybridized carbons (Fsp3) is 0.143. The highest BCUT2D eigenvalue weighted by Gasteiger charge is 2.17. The van der Waals surface area contributed by atoms with Crippen LogP contribution in [0.15, 0.2) is 49.8 Å². The molecule has 94 valence electrons. The second-order valence-electron chi connectivity index (χ2n) is 4.01. The molecule has 4 heteroatoms. The molecule has 0 amide bonds. The first-order chi connectivity index (χ1) is 8.50. The molecule has 0 heterocycles. The molecule has 18 heavy (non-hydrogen) atoms. The molecule has 0 saturated carbocycles. The Morgan fingerprint density at radius 3 is 2.17 bits per heavy atom. The molecule has 0 aliphatic carbocycles. The summed E-state index contributed by atoms with van der Waals surface area (Å²) in [5.74, 6) is 0. The van der Waals surface area contributed by atoms with Gasteiger partial charge in [0.2, 0.25) is 0 Å². The molecule has 0 aliphatic heterocycles. The summed E-state index contributed by atoms with van der Waals surface area (Å²) in [4.78, 5) is 0.152. The van der Waals surface area contributed by atoms with Crippen molar-refractivity contribution in [3.8, 4) is 0 Å². The third-order valence-electron chi connectivity index (χ3n) is 2.73. The number of rotatable bonds is 2. The van der Waals surface area contributed by atoms with E-state index in [9.17, 15) is 0 Å². The molecule has 1 atom stereocenters. The van der Waals surface area contributed by atoms with Crippen LogP contribution in [0.4, 0.5) is 0 Å². The zero-order valence-electron chi connectivity index (χ0n) is 9.55. The van der Waals surface area contributed by atoms with Gasteiger partial charge in [0.25, 0.3) is 0 Å². The SMILES string of the molecule is Cc1cc(Br)c(C(Br)c2ccccc2Br)cc1Br. The Balaban J connectivity index is 2.50. The van der Waals surface area contributed by atoms with Crippen LogP contribution in [0, 0.1) is 6.92 Å². The summed E-state index contributed by atoms with van der Waals surface area (Å²) in [6.45, 7) is 2.08. The van der Waals surface area contributed by atoms with E-state index in [1.165, 1.54) is 16.7 Å². The molecule has 0 saturated heterocycles. The maximum absolute atomic E-state index is 3.77. The van der Waals surface area contributed by atoms with Gasteiger partial charge in [0.05, 0.1) is 4.83 Å². The highest BCUT2D eigenvalue weighted by Crippen LogP contribution is 2.40. The van der Waals surface area contributed by atoms with Crippen molar-refractivity contribution in [2.24, 2.45) is 0 Å². The second kappa shape index (κ2) is 6.21. The average Bonchev–Trinajstić information content (AvgIpc) is 2.33. The largest absolute Gasteiger partial charge is 0.0786 e. The van der Waals surface area contributed by atoms with Crippen LogP contribution in [-0.2, 0) is 0 Å². The van der Waals surface area contributed by atoms with Gasteiger partial charge in [-0.15, -0.1) is 0 Å². The predicted molar refractivity (Wildman–Crippen MR) is 91.5 cm³/mol. The molecule has 0 bridgehead atoms. The van der Waals surface area contributed by atoms with E-state index >= 15 is 0 Å². The molecule has 2 aromatic rings. The quantitative estimate of drug-likeness (QED) is 0.402. The lowest BCUT2D eigenvalue weighted by atomic mass is 10.0. The molecule has 0 nitrogen and oxygen atoms in total. The van der Waals surface area contributed by atoms with Crippen LogP contribution in [0.25, 0.3) is 0 Å². The van der Waals surface area contributed by atoms with Gasteiger partial charge in [0, 0.05) is 13.4 Å². The van der Waals surface area contributed by atoms with Crippen molar-refractivity contribution < 1.29 is 0 Å². The van der Waals surface area contributed by atoms with Gasteiger partial charge in [-0.05, 0) is 41.8 Å². The fourth-order valence-electron chi connectivity index (χ4n) is 1.70. The molecular formula is C14H10Br4. The van der Waals surface area contributed by atoms with Crippen LogP contribution in [0.3, 0.4) is 0 Å². The first-order valence-corrected chi connectivity index (χ1v) is 8.64. The molecule has 0 aliphatic rings. The smallest absolute Gasteiger partial charge is 0.0666 e. The lowest BCUT2D eigenvalue weighted by Crippen LogP contribution is -1.96. The van der Waals surface area contributed by atoms with Crippen LogP contribution in [-0.4, -0.2) is 0 Å². The van der Waals surface area contributed by atoms with Gasteiger partial charge in [-0.2, -0.15) is 0 Å². The van der Waals surface area contributed by atoms with E-state index in [0.29, 0.717) is 0 Å². The van der Waals surface area contributed by atoms with Crippen LogP contribution < -0.4 is 0 Å². The third-order valence-corrected chi connectivity index (χ3v) is 5.98. The third kappa shape index (κ3) is 3.09. The Kier molecular flexibility index (Phi) is 5.09. The average molecular weight is 498 g/mol. The minimum atomic E-state index is 0.152. The lowest BCUT2D eigenvalue weighted by molar-refractivity contribution is 1.14. The number of benzene rings is 2. The van der Waals surface area contributed by atoms with E-state index in [1.54, 1.807) is 0 Å². The maximum atomic E-state index is 3.77. The van der Waals surface area contributed by atoms with Gasteiger partial charge in [-0.3, -0.25) is 0 Å². The summed E-state index contributed by atoms with van der Waals surface area (Å²) in [5, 5.41) is 0. The molecule has 1 unspecified atom stereocenters. The van der Waals surface area contributed by atoms with E-state index in [1.807, 2.05) is 12.1 Å². The Morgan fingerprint density at radius 2 is 1.50 bits per heavy atom. The molecule has 0 spiro atoms. The number of aryl methyl sites for hydroxylation is 1. The van der Waals surface area contributed by atoms with Gasteiger partial charge < -0.3 is 0 Å². The standard InChI is InChI=1S/C14H10Br4/c1-8-6-13(17)10(7-12(8)16)14(18)9-4-2-3-5-11(9)15/h2-7,14H,1H3. The van der Waals surface area contributed by atoms with E-state index in [0.717, 1.165) is 13.4 Å². The van der Waals surface area contributed by atoms with Crippen LogP contribution >= 0.6 is 63.7 Å². The zero-order valence-corrected chi connectivity index (χ0v) is 15.9. The van der Waals surface area contributed by atoms with Gasteiger partial charge in [0.15, 0.2) is 0 Å². The number of hydrogen-bond donors (Lipinski definition) is 0. The van der Waals surface area contributed by atoms with Gasteiger partial charge in [0.1, 0.15) is 0 Å². The van der Waals surface area contributed by atoms with Crippen molar-refractivity contribution in [2.75, 3.05) is 0 Å². The van der Waals surface area contributed by atoms with Crippen molar-refractivity contribution in [1.29, 1.82) is 0 Å². The minimum absolute atomic E-state index is 0.152. The normalized spacial score (nSPS) is 12.5. The van der Waals surface area contributed by atoms with Crippen LogP contribution in [0.2, 0.25) is 0 Å². The summed E-state index contributed by atoms with van der Waals surface area (Å²) in [7, 11) is 0. The molecule has 2 aromatic carbocycles. The topological polar surface area (TPSA) is 0 Å². The Morgan fingerprint density at radius 1 is 0.833 bits per heavy atom. The highest BCUT2D eigenvalue weighted by molar-refractivity contribution is 9.11. The summed E-state index contributed by atoms with van der Waals surface area (Å²) >= 11 is 14.6. The van der Waals surface area contributed by atoms with Crippen LogP contribution in [0.1, 0.15) is 21.5 Å². The first-order valence-electron chi connectivity index (χ1n) is 5.34.